The highest BCUT2D eigenvalue weighted by Gasteiger charge is 2.12. The zero-order chi connectivity index (χ0) is 15.4. The topological polar surface area (TPSA) is 68.0 Å². The Labute approximate surface area is 135 Å². The lowest BCUT2D eigenvalue weighted by Gasteiger charge is -2.07. The number of amides is 1. The van der Waals surface area contributed by atoms with E-state index in [1.54, 1.807) is 36.9 Å². The molecule has 0 aliphatic heterocycles. The van der Waals surface area contributed by atoms with Gasteiger partial charge in [0.15, 0.2) is 5.76 Å². The summed E-state index contributed by atoms with van der Waals surface area (Å²) in [7, 11) is 0. The van der Waals surface area contributed by atoms with Crippen molar-refractivity contribution < 1.29 is 9.21 Å². The Morgan fingerprint density at radius 1 is 1.18 bits per heavy atom. The van der Waals surface area contributed by atoms with Crippen molar-refractivity contribution >= 4 is 21.8 Å². The van der Waals surface area contributed by atoms with Gasteiger partial charge in [-0.2, -0.15) is 0 Å². The number of benzene rings is 1. The van der Waals surface area contributed by atoms with E-state index in [0.29, 0.717) is 22.7 Å². The quantitative estimate of drug-likeness (QED) is 0.776. The molecule has 22 heavy (non-hydrogen) atoms. The predicted molar refractivity (Wildman–Crippen MR) is 85.0 cm³/mol. The highest BCUT2D eigenvalue weighted by Crippen LogP contribution is 2.20. The van der Waals surface area contributed by atoms with Gasteiger partial charge in [0, 0.05) is 22.4 Å². The molecule has 0 aliphatic carbocycles. The number of carbonyl (C=O) groups is 1. The number of furan rings is 1. The number of halogens is 1. The van der Waals surface area contributed by atoms with E-state index in [0.717, 1.165) is 4.47 Å². The molecule has 0 radical (unpaired) electrons. The molecule has 2 heterocycles. The summed E-state index contributed by atoms with van der Waals surface area (Å²) < 4.78 is 6.20. The molecule has 0 atom stereocenters. The molecule has 110 valence electrons. The maximum atomic E-state index is 12.2. The van der Waals surface area contributed by atoms with E-state index in [2.05, 4.69) is 31.2 Å². The summed E-state index contributed by atoms with van der Waals surface area (Å²) in [5.74, 6) is 0.456. The van der Waals surface area contributed by atoms with Crippen molar-refractivity contribution in [3.63, 3.8) is 0 Å². The van der Waals surface area contributed by atoms with Crippen LogP contribution in [0.3, 0.4) is 0 Å². The van der Waals surface area contributed by atoms with Crippen LogP contribution in [0, 0.1) is 0 Å². The summed E-state index contributed by atoms with van der Waals surface area (Å²) in [5, 5.41) is 2.84. The zero-order valence-electron chi connectivity index (χ0n) is 11.5. The van der Waals surface area contributed by atoms with Crippen molar-refractivity contribution in [2.45, 2.75) is 6.54 Å². The minimum Gasteiger partial charge on any atom is -0.463 e. The summed E-state index contributed by atoms with van der Waals surface area (Å²) in [6.45, 7) is 0.273. The van der Waals surface area contributed by atoms with Gasteiger partial charge in [-0.25, -0.2) is 4.98 Å². The van der Waals surface area contributed by atoms with Crippen LogP contribution in [0.2, 0.25) is 0 Å². The SMILES string of the molecule is O=C(NCc1nccnc1-c1ccco1)c1cccc(Br)c1. The van der Waals surface area contributed by atoms with Gasteiger partial charge in [-0.1, -0.05) is 22.0 Å². The summed E-state index contributed by atoms with van der Waals surface area (Å²) in [4.78, 5) is 20.7. The van der Waals surface area contributed by atoms with Gasteiger partial charge in [0.05, 0.1) is 18.5 Å². The van der Waals surface area contributed by atoms with Crippen LogP contribution in [0.4, 0.5) is 0 Å². The minimum absolute atomic E-state index is 0.169. The van der Waals surface area contributed by atoms with Gasteiger partial charge in [0.2, 0.25) is 0 Å². The molecule has 1 N–H and O–H groups in total. The van der Waals surface area contributed by atoms with Crippen LogP contribution in [-0.2, 0) is 6.54 Å². The van der Waals surface area contributed by atoms with E-state index in [9.17, 15) is 4.79 Å². The van der Waals surface area contributed by atoms with E-state index in [1.165, 1.54) is 0 Å². The van der Waals surface area contributed by atoms with Gasteiger partial charge >= 0.3 is 0 Å². The maximum absolute atomic E-state index is 12.2. The second-order valence-corrected chi connectivity index (χ2v) is 5.44. The largest absolute Gasteiger partial charge is 0.463 e. The second kappa shape index (κ2) is 6.53. The van der Waals surface area contributed by atoms with E-state index in [1.807, 2.05) is 18.2 Å². The van der Waals surface area contributed by atoms with Crippen molar-refractivity contribution in [2.75, 3.05) is 0 Å². The van der Waals surface area contributed by atoms with Crippen molar-refractivity contribution in [1.82, 2.24) is 15.3 Å². The third-order valence-corrected chi connectivity index (χ3v) is 3.53. The molecule has 2 aromatic heterocycles. The highest BCUT2D eigenvalue weighted by atomic mass is 79.9. The first-order chi connectivity index (χ1) is 10.7. The average Bonchev–Trinajstić information content (AvgIpc) is 3.07. The Bertz CT molecular complexity index is 788. The third kappa shape index (κ3) is 3.23. The first-order valence-electron chi connectivity index (χ1n) is 6.61. The van der Waals surface area contributed by atoms with Crippen LogP contribution in [0.5, 0.6) is 0 Å². The van der Waals surface area contributed by atoms with Gasteiger partial charge in [0.25, 0.3) is 5.91 Å². The van der Waals surface area contributed by atoms with Gasteiger partial charge in [0.1, 0.15) is 5.69 Å². The lowest BCUT2D eigenvalue weighted by atomic mass is 10.2. The number of hydrogen-bond acceptors (Lipinski definition) is 4. The fourth-order valence-corrected chi connectivity index (χ4v) is 2.41. The van der Waals surface area contributed by atoms with Gasteiger partial charge in [-0.05, 0) is 30.3 Å². The predicted octanol–water partition coefficient (Wildman–Crippen LogP) is 3.43. The lowest BCUT2D eigenvalue weighted by molar-refractivity contribution is 0.0950. The lowest BCUT2D eigenvalue weighted by Crippen LogP contribution is -2.23. The molecular weight excluding hydrogens is 346 g/mol. The van der Waals surface area contributed by atoms with Crippen molar-refractivity contribution in [3.8, 4) is 11.5 Å². The van der Waals surface area contributed by atoms with E-state index in [-0.39, 0.29) is 12.5 Å². The van der Waals surface area contributed by atoms with Gasteiger partial charge < -0.3 is 9.73 Å². The summed E-state index contributed by atoms with van der Waals surface area (Å²) >= 11 is 3.35. The Kier molecular flexibility index (Phi) is 4.29. The molecule has 0 bridgehead atoms. The number of hydrogen-bond donors (Lipinski definition) is 1. The third-order valence-electron chi connectivity index (χ3n) is 3.03. The van der Waals surface area contributed by atoms with E-state index < -0.39 is 0 Å². The molecule has 3 aromatic rings. The van der Waals surface area contributed by atoms with Crippen molar-refractivity contribution in [1.29, 1.82) is 0 Å². The Hall–Kier alpha value is -2.47. The average molecular weight is 358 g/mol. The minimum atomic E-state index is -0.169. The number of carbonyl (C=O) groups excluding carboxylic acids is 1. The van der Waals surface area contributed by atoms with Crippen LogP contribution in [-0.4, -0.2) is 15.9 Å². The van der Waals surface area contributed by atoms with Crippen LogP contribution >= 0.6 is 15.9 Å². The second-order valence-electron chi connectivity index (χ2n) is 4.52. The normalized spacial score (nSPS) is 10.4. The molecule has 3 rings (SSSR count). The van der Waals surface area contributed by atoms with Crippen LogP contribution in [0.15, 0.2) is 63.9 Å². The van der Waals surface area contributed by atoms with Crippen LogP contribution in [0.25, 0.3) is 11.5 Å². The fourth-order valence-electron chi connectivity index (χ4n) is 2.01. The van der Waals surface area contributed by atoms with E-state index in [4.69, 9.17) is 4.42 Å². The Morgan fingerprint density at radius 3 is 2.82 bits per heavy atom. The molecule has 1 amide bonds. The number of rotatable bonds is 4. The molecule has 0 spiro atoms. The number of nitrogens with zero attached hydrogens (tertiary/aromatic N) is 2. The smallest absolute Gasteiger partial charge is 0.251 e. The molecule has 0 saturated carbocycles. The molecule has 6 heteroatoms. The maximum Gasteiger partial charge on any atom is 0.251 e. The molecule has 5 nitrogen and oxygen atoms in total. The Morgan fingerprint density at radius 2 is 2.05 bits per heavy atom. The number of aromatic nitrogens is 2. The van der Waals surface area contributed by atoms with Crippen LogP contribution in [0.1, 0.15) is 16.1 Å². The Balaban J connectivity index is 1.76. The summed E-state index contributed by atoms with van der Waals surface area (Å²) in [6, 6.07) is 10.8. The van der Waals surface area contributed by atoms with Crippen molar-refractivity contribution in [2.24, 2.45) is 0 Å². The van der Waals surface area contributed by atoms with Crippen molar-refractivity contribution in [3.05, 3.63) is 70.8 Å². The standard InChI is InChI=1S/C16H12BrN3O2/c17-12-4-1-3-11(9-12)16(21)20-10-13-15(19-7-6-18-13)14-5-2-8-22-14/h1-9H,10H2,(H,20,21). The van der Waals surface area contributed by atoms with Crippen LogP contribution < -0.4 is 5.32 Å². The molecule has 0 unspecified atom stereocenters. The van der Waals surface area contributed by atoms with Gasteiger partial charge in [-0.15, -0.1) is 0 Å². The summed E-state index contributed by atoms with van der Waals surface area (Å²) in [6.07, 6.45) is 4.76. The molecule has 0 saturated heterocycles. The molecule has 0 aliphatic rings. The zero-order valence-corrected chi connectivity index (χ0v) is 13.1. The first kappa shape index (κ1) is 14.5. The first-order valence-corrected chi connectivity index (χ1v) is 7.41. The number of nitrogens with one attached hydrogen (secondary N) is 1. The van der Waals surface area contributed by atoms with Gasteiger partial charge in [-0.3, -0.25) is 9.78 Å². The molecular formula is C16H12BrN3O2. The fraction of sp³-hybridized carbons (Fsp3) is 0.0625. The summed E-state index contributed by atoms with van der Waals surface area (Å²) in [5.41, 5.74) is 1.86. The molecule has 1 aromatic carbocycles. The van der Waals surface area contributed by atoms with E-state index >= 15 is 0 Å². The monoisotopic (exact) mass is 357 g/mol. The molecule has 0 fully saturated rings. The highest BCUT2D eigenvalue weighted by molar-refractivity contribution is 9.10.